The van der Waals surface area contributed by atoms with Gasteiger partial charge in [0.15, 0.2) is 0 Å². The fourth-order valence-corrected chi connectivity index (χ4v) is 2.00. The molecule has 0 radical (unpaired) electrons. The lowest BCUT2D eigenvalue weighted by molar-refractivity contribution is -0.121. The zero-order valence-electron chi connectivity index (χ0n) is 10.2. The molecule has 1 aromatic heterocycles. The smallest absolute Gasteiger partial charge is 0.270 e. The highest BCUT2D eigenvalue weighted by atomic mass is 79.9. The number of rotatable bonds is 4. The molecular formula is C11H16BrN3O2. The standard InChI is InChI=1S/C11H16BrN3O2/c1-4-13-10(16)7-15(3)11(17)9-5-8(12)6-14(9)2/h5-6H,4,7H2,1-3H3,(H,13,16). The lowest BCUT2D eigenvalue weighted by Gasteiger charge is -2.16. The summed E-state index contributed by atoms with van der Waals surface area (Å²) in [4.78, 5) is 24.8. The number of aryl methyl sites for hydroxylation is 1. The van der Waals surface area contributed by atoms with Crippen LogP contribution in [0.15, 0.2) is 16.7 Å². The Hall–Kier alpha value is -1.30. The minimum absolute atomic E-state index is 0.0650. The Labute approximate surface area is 109 Å². The summed E-state index contributed by atoms with van der Waals surface area (Å²) in [5, 5.41) is 2.65. The van der Waals surface area contributed by atoms with Crippen LogP contribution in [0.2, 0.25) is 0 Å². The first-order chi connectivity index (χ1) is 7.95. The van der Waals surface area contributed by atoms with E-state index >= 15 is 0 Å². The van der Waals surface area contributed by atoms with Gasteiger partial charge in [-0.05, 0) is 28.9 Å². The topological polar surface area (TPSA) is 54.3 Å². The molecule has 6 heteroatoms. The molecular weight excluding hydrogens is 286 g/mol. The molecule has 0 atom stereocenters. The van der Waals surface area contributed by atoms with Crippen molar-refractivity contribution in [2.75, 3.05) is 20.1 Å². The first-order valence-electron chi connectivity index (χ1n) is 5.29. The quantitative estimate of drug-likeness (QED) is 0.902. The van der Waals surface area contributed by atoms with E-state index in [0.717, 1.165) is 4.47 Å². The molecule has 0 aliphatic carbocycles. The van der Waals surface area contributed by atoms with Gasteiger partial charge in [0.2, 0.25) is 5.91 Å². The minimum Gasteiger partial charge on any atom is -0.355 e. The van der Waals surface area contributed by atoms with Crippen LogP contribution in [-0.4, -0.2) is 41.4 Å². The molecule has 0 bridgehead atoms. The Morgan fingerprint density at radius 2 is 2.18 bits per heavy atom. The van der Waals surface area contributed by atoms with Crippen molar-refractivity contribution in [2.45, 2.75) is 6.92 Å². The lowest BCUT2D eigenvalue weighted by Crippen LogP contribution is -2.38. The number of aromatic nitrogens is 1. The van der Waals surface area contributed by atoms with Crippen molar-refractivity contribution in [1.82, 2.24) is 14.8 Å². The van der Waals surface area contributed by atoms with Crippen LogP contribution in [0.25, 0.3) is 0 Å². The number of carbonyl (C=O) groups is 2. The largest absolute Gasteiger partial charge is 0.355 e. The average molecular weight is 302 g/mol. The summed E-state index contributed by atoms with van der Waals surface area (Å²) in [7, 11) is 3.40. The highest BCUT2D eigenvalue weighted by molar-refractivity contribution is 9.10. The lowest BCUT2D eigenvalue weighted by atomic mass is 10.3. The summed E-state index contributed by atoms with van der Waals surface area (Å²) in [6.45, 7) is 2.47. The van der Waals surface area contributed by atoms with Gasteiger partial charge in [-0.25, -0.2) is 0 Å². The van der Waals surface area contributed by atoms with Crippen molar-refractivity contribution in [1.29, 1.82) is 0 Å². The Morgan fingerprint density at radius 1 is 1.53 bits per heavy atom. The number of likely N-dealkylation sites (N-methyl/N-ethyl adjacent to an activating group) is 2. The third-order valence-electron chi connectivity index (χ3n) is 2.29. The average Bonchev–Trinajstić information content (AvgIpc) is 2.56. The summed E-state index contributed by atoms with van der Waals surface area (Å²) < 4.78 is 2.57. The van der Waals surface area contributed by atoms with Crippen molar-refractivity contribution in [3.8, 4) is 0 Å². The highest BCUT2D eigenvalue weighted by Crippen LogP contribution is 2.14. The van der Waals surface area contributed by atoms with Gasteiger partial charge < -0.3 is 14.8 Å². The second-order valence-electron chi connectivity index (χ2n) is 3.77. The van der Waals surface area contributed by atoms with E-state index < -0.39 is 0 Å². The van der Waals surface area contributed by atoms with E-state index in [2.05, 4.69) is 21.2 Å². The molecule has 0 aromatic carbocycles. The molecule has 1 rings (SSSR count). The maximum absolute atomic E-state index is 12.0. The minimum atomic E-state index is -0.176. The third kappa shape index (κ3) is 3.59. The second-order valence-corrected chi connectivity index (χ2v) is 4.68. The predicted octanol–water partition coefficient (Wildman–Crippen LogP) is 0.996. The molecule has 0 aliphatic heterocycles. The molecule has 0 fully saturated rings. The van der Waals surface area contributed by atoms with Crippen LogP contribution in [0.3, 0.4) is 0 Å². The van der Waals surface area contributed by atoms with Crippen molar-refractivity contribution in [3.63, 3.8) is 0 Å². The van der Waals surface area contributed by atoms with Crippen LogP contribution < -0.4 is 5.32 Å². The predicted molar refractivity (Wildman–Crippen MR) is 68.8 cm³/mol. The van der Waals surface area contributed by atoms with Crippen LogP contribution in [0.4, 0.5) is 0 Å². The van der Waals surface area contributed by atoms with Crippen molar-refractivity contribution in [3.05, 3.63) is 22.4 Å². The van der Waals surface area contributed by atoms with Crippen molar-refractivity contribution < 1.29 is 9.59 Å². The van der Waals surface area contributed by atoms with Crippen LogP contribution in [0.1, 0.15) is 17.4 Å². The van der Waals surface area contributed by atoms with Gasteiger partial charge >= 0.3 is 0 Å². The van der Waals surface area contributed by atoms with E-state index in [1.165, 1.54) is 4.90 Å². The summed E-state index contributed by atoms with van der Waals surface area (Å²) in [5.74, 6) is -0.332. The van der Waals surface area contributed by atoms with Gasteiger partial charge in [-0.15, -0.1) is 0 Å². The number of halogens is 1. The Balaban J connectivity index is 2.70. The van der Waals surface area contributed by atoms with E-state index in [9.17, 15) is 9.59 Å². The van der Waals surface area contributed by atoms with E-state index in [4.69, 9.17) is 0 Å². The summed E-state index contributed by atoms with van der Waals surface area (Å²) in [6.07, 6.45) is 1.80. The van der Waals surface area contributed by atoms with Crippen molar-refractivity contribution >= 4 is 27.7 Å². The van der Waals surface area contributed by atoms with Gasteiger partial charge in [0.1, 0.15) is 5.69 Å². The Bertz CT molecular complexity index is 428. The summed E-state index contributed by atoms with van der Waals surface area (Å²) >= 11 is 3.31. The molecule has 1 heterocycles. The van der Waals surface area contributed by atoms with Gasteiger partial charge in [0.25, 0.3) is 5.91 Å². The molecule has 0 saturated carbocycles. The molecule has 2 amide bonds. The molecule has 0 aliphatic rings. The van der Waals surface area contributed by atoms with Gasteiger partial charge in [0, 0.05) is 31.3 Å². The fraction of sp³-hybridized carbons (Fsp3) is 0.455. The maximum Gasteiger partial charge on any atom is 0.270 e. The Morgan fingerprint density at radius 3 is 2.65 bits per heavy atom. The molecule has 1 N–H and O–H groups in total. The Kier molecular flexibility index (Phi) is 4.74. The second kappa shape index (κ2) is 5.86. The van der Waals surface area contributed by atoms with E-state index in [1.54, 1.807) is 30.9 Å². The monoisotopic (exact) mass is 301 g/mol. The van der Waals surface area contributed by atoms with Gasteiger partial charge in [-0.1, -0.05) is 0 Å². The molecule has 0 saturated heterocycles. The zero-order valence-corrected chi connectivity index (χ0v) is 11.7. The van der Waals surface area contributed by atoms with Gasteiger partial charge in [-0.2, -0.15) is 0 Å². The van der Waals surface area contributed by atoms with E-state index in [1.807, 2.05) is 6.92 Å². The molecule has 5 nitrogen and oxygen atoms in total. The molecule has 0 unspecified atom stereocenters. The third-order valence-corrected chi connectivity index (χ3v) is 2.73. The number of hydrogen-bond acceptors (Lipinski definition) is 2. The number of carbonyl (C=O) groups excluding carboxylic acids is 2. The van der Waals surface area contributed by atoms with Crippen LogP contribution in [0.5, 0.6) is 0 Å². The molecule has 1 aromatic rings. The molecule has 0 spiro atoms. The van der Waals surface area contributed by atoms with E-state index in [-0.39, 0.29) is 18.4 Å². The highest BCUT2D eigenvalue weighted by Gasteiger charge is 2.17. The van der Waals surface area contributed by atoms with Gasteiger partial charge in [0.05, 0.1) is 6.54 Å². The number of amides is 2. The van der Waals surface area contributed by atoms with Crippen LogP contribution in [0, 0.1) is 0 Å². The van der Waals surface area contributed by atoms with Crippen molar-refractivity contribution in [2.24, 2.45) is 7.05 Å². The first kappa shape index (κ1) is 13.8. The maximum atomic E-state index is 12.0. The van der Waals surface area contributed by atoms with Crippen LogP contribution in [-0.2, 0) is 11.8 Å². The van der Waals surface area contributed by atoms with Crippen LogP contribution >= 0.6 is 15.9 Å². The number of nitrogens with one attached hydrogen (secondary N) is 1. The zero-order chi connectivity index (χ0) is 13.0. The molecule has 17 heavy (non-hydrogen) atoms. The van der Waals surface area contributed by atoms with Gasteiger partial charge in [-0.3, -0.25) is 9.59 Å². The fourth-order valence-electron chi connectivity index (χ4n) is 1.47. The first-order valence-corrected chi connectivity index (χ1v) is 6.09. The number of nitrogens with zero attached hydrogens (tertiary/aromatic N) is 2. The van der Waals surface area contributed by atoms with E-state index in [0.29, 0.717) is 12.2 Å². The molecule has 94 valence electrons. The summed E-state index contributed by atoms with van der Waals surface area (Å²) in [5.41, 5.74) is 0.545. The summed E-state index contributed by atoms with van der Waals surface area (Å²) in [6, 6.07) is 1.73. The number of hydrogen-bond donors (Lipinski definition) is 1. The SMILES string of the molecule is CCNC(=O)CN(C)C(=O)c1cc(Br)cn1C. The normalized spacial score (nSPS) is 10.1.